The third-order valence-electron chi connectivity index (χ3n) is 3.48. The maximum atomic E-state index is 12.1. The van der Waals surface area contributed by atoms with Crippen molar-refractivity contribution in [3.63, 3.8) is 0 Å². The average molecular weight is 242 g/mol. The predicted octanol–water partition coefficient (Wildman–Crippen LogP) is -0.0304. The number of hydrogen-bond acceptors (Lipinski definition) is 3. The molecule has 0 bridgehead atoms. The molecule has 0 spiro atoms. The van der Waals surface area contributed by atoms with Crippen LogP contribution in [0.3, 0.4) is 0 Å². The highest BCUT2D eigenvalue weighted by Crippen LogP contribution is 2.19. The number of aliphatic hydroxyl groups excluding tert-OH is 1. The molecule has 2 saturated heterocycles. The van der Waals surface area contributed by atoms with E-state index in [-0.39, 0.29) is 6.03 Å². The predicted molar refractivity (Wildman–Crippen MR) is 59.5 cm³/mol. The van der Waals surface area contributed by atoms with Gasteiger partial charge in [0, 0.05) is 26.2 Å². The zero-order chi connectivity index (χ0) is 12.4. The first-order valence-corrected chi connectivity index (χ1v) is 6.02. The minimum atomic E-state index is -0.830. The summed E-state index contributed by atoms with van der Waals surface area (Å²) in [6.45, 7) is 1.84. The SMILES string of the molecule is O=C(O)[C@H]1CCCN(C(=O)N2CCC(O)C2)C1. The molecule has 2 atom stereocenters. The number of likely N-dealkylation sites (tertiary alicyclic amines) is 2. The summed E-state index contributed by atoms with van der Waals surface area (Å²) in [4.78, 5) is 26.2. The molecule has 2 amide bonds. The van der Waals surface area contributed by atoms with Crippen LogP contribution in [0.5, 0.6) is 0 Å². The topological polar surface area (TPSA) is 81.1 Å². The Morgan fingerprint density at radius 2 is 1.76 bits per heavy atom. The molecule has 2 aliphatic rings. The summed E-state index contributed by atoms with van der Waals surface area (Å²) < 4.78 is 0. The van der Waals surface area contributed by atoms with Gasteiger partial charge in [0.1, 0.15) is 0 Å². The Morgan fingerprint density at radius 1 is 1.06 bits per heavy atom. The smallest absolute Gasteiger partial charge is 0.320 e. The van der Waals surface area contributed by atoms with E-state index in [1.54, 1.807) is 9.80 Å². The second-order valence-corrected chi connectivity index (χ2v) is 4.79. The van der Waals surface area contributed by atoms with E-state index in [9.17, 15) is 14.7 Å². The highest BCUT2D eigenvalue weighted by Gasteiger charge is 2.33. The van der Waals surface area contributed by atoms with Crippen LogP contribution in [0.1, 0.15) is 19.3 Å². The van der Waals surface area contributed by atoms with Crippen LogP contribution in [-0.4, -0.2) is 64.3 Å². The number of carbonyl (C=O) groups excluding carboxylic acids is 1. The highest BCUT2D eigenvalue weighted by atomic mass is 16.4. The molecule has 2 fully saturated rings. The lowest BCUT2D eigenvalue weighted by Crippen LogP contribution is -2.48. The molecule has 1 unspecified atom stereocenters. The standard InChI is InChI=1S/C11H18N2O4/c14-9-3-5-13(7-9)11(17)12-4-1-2-8(6-12)10(15)16/h8-9,14H,1-7H2,(H,15,16)/t8-,9?/m0/s1. The largest absolute Gasteiger partial charge is 0.481 e. The molecule has 6 heteroatoms. The fourth-order valence-corrected chi connectivity index (χ4v) is 2.47. The first-order chi connectivity index (χ1) is 8.08. The second-order valence-electron chi connectivity index (χ2n) is 4.79. The van der Waals surface area contributed by atoms with Crippen molar-refractivity contribution < 1.29 is 19.8 Å². The molecule has 0 radical (unpaired) electrons. The minimum Gasteiger partial charge on any atom is -0.481 e. The van der Waals surface area contributed by atoms with Crippen molar-refractivity contribution in [1.29, 1.82) is 0 Å². The Kier molecular flexibility index (Phi) is 3.51. The molecule has 2 N–H and O–H groups in total. The molecular formula is C11H18N2O4. The number of carbonyl (C=O) groups is 2. The molecule has 6 nitrogen and oxygen atoms in total. The van der Waals surface area contributed by atoms with E-state index in [1.165, 1.54) is 0 Å². The maximum Gasteiger partial charge on any atom is 0.320 e. The van der Waals surface area contributed by atoms with Gasteiger partial charge in [-0.1, -0.05) is 0 Å². The average Bonchev–Trinajstić information content (AvgIpc) is 2.75. The van der Waals surface area contributed by atoms with Gasteiger partial charge in [-0.05, 0) is 19.3 Å². The highest BCUT2D eigenvalue weighted by molar-refractivity contribution is 5.77. The Balaban J connectivity index is 1.93. The van der Waals surface area contributed by atoms with E-state index >= 15 is 0 Å². The number of β-amino-alcohol motifs (C(OH)–C–C–N with tert-alkyl or cyclic N) is 1. The van der Waals surface area contributed by atoms with Gasteiger partial charge in [-0.3, -0.25) is 4.79 Å². The van der Waals surface area contributed by atoms with Gasteiger partial charge in [0.05, 0.1) is 12.0 Å². The molecule has 2 aliphatic heterocycles. The van der Waals surface area contributed by atoms with E-state index in [4.69, 9.17) is 5.11 Å². The molecule has 0 aromatic rings. The van der Waals surface area contributed by atoms with Crippen molar-refractivity contribution in [3.8, 4) is 0 Å². The van der Waals surface area contributed by atoms with Gasteiger partial charge >= 0.3 is 12.0 Å². The monoisotopic (exact) mass is 242 g/mol. The van der Waals surface area contributed by atoms with Crippen LogP contribution in [-0.2, 0) is 4.79 Å². The van der Waals surface area contributed by atoms with Gasteiger partial charge in [0.15, 0.2) is 0 Å². The Morgan fingerprint density at radius 3 is 2.35 bits per heavy atom. The zero-order valence-corrected chi connectivity index (χ0v) is 9.71. The summed E-state index contributed by atoms with van der Waals surface area (Å²) >= 11 is 0. The van der Waals surface area contributed by atoms with E-state index in [0.29, 0.717) is 39.0 Å². The number of carboxylic acids is 1. The molecular weight excluding hydrogens is 224 g/mol. The molecule has 2 rings (SSSR count). The molecule has 2 heterocycles. The van der Waals surface area contributed by atoms with Gasteiger partial charge in [0.25, 0.3) is 0 Å². The van der Waals surface area contributed by atoms with Gasteiger partial charge in [0.2, 0.25) is 0 Å². The summed E-state index contributed by atoms with van der Waals surface area (Å²) in [5, 5.41) is 18.3. The third-order valence-corrected chi connectivity index (χ3v) is 3.48. The quantitative estimate of drug-likeness (QED) is 0.676. The Hall–Kier alpha value is -1.30. The van der Waals surface area contributed by atoms with Crippen LogP contribution >= 0.6 is 0 Å². The van der Waals surface area contributed by atoms with Crippen molar-refractivity contribution in [2.45, 2.75) is 25.4 Å². The number of aliphatic hydroxyl groups is 1. The molecule has 0 aliphatic carbocycles. The van der Waals surface area contributed by atoms with Gasteiger partial charge in [-0.15, -0.1) is 0 Å². The fraction of sp³-hybridized carbons (Fsp3) is 0.818. The van der Waals surface area contributed by atoms with E-state index in [2.05, 4.69) is 0 Å². The summed E-state index contributed by atoms with van der Waals surface area (Å²) in [5.74, 6) is -1.27. The van der Waals surface area contributed by atoms with Crippen molar-refractivity contribution in [1.82, 2.24) is 9.80 Å². The first kappa shape index (κ1) is 12.2. The van der Waals surface area contributed by atoms with E-state index in [0.717, 1.165) is 6.42 Å². The van der Waals surface area contributed by atoms with Crippen LogP contribution in [0.25, 0.3) is 0 Å². The number of nitrogens with zero attached hydrogens (tertiary/aromatic N) is 2. The first-order valence-electron chi connectivity index (χ1n) is 6.02. The Bertz CT molecular complexity index is 321. The van der Waals surface area contributed by atoms with Crippen LogP contribution in [0.15, 0.2) is 0 Å². The maximum absolute atomic E-state index is 12.1. The van der Waals surface area contributed by atoms with Crippen molar-refractivity contribution >= 4 is 12.0 Å². The number of piperidine rings is 1. The number of amides is 2. The van der Waals surface area contributed by atoms with Crippen molar-refractivity contribution in [2.24, 2.45) is 5.92 Å². The zero-order valence-electron chi connectivity index (χ0n) is 9.71. The summed E-state index contributed by atoms with van der Waals surface area (Å²) in [6, 6.07) is -0.132. The van der Waals surface area contributed by atoms with Gasteiger partial charge < -0.3 is 20.0 Å². The van der Waals surface area contributed by atoms with Crippen LogP contribution < -0.4 is 0 Å². The number of aliphatic carboxylic acids is 1. The van der Waals surface area contributed by atoms with Gasteiger partial charge in [-0.25, -0.2) is 4.79 Å². The lowest BCUT2D eigenvalue weighted by molar-refractivity contribution is -0.143. The number of carboxylic acid groups (broad SMARTS) is 1. The lowest BCUT2D eigenvalue weighted by Gasteiger charge is -2.33. The molecule has 0 aromatic heterocycles. The minimum absolute atomic E-state index is 0.132. The number of hydrogen-bond donors (Lipinski definition) is 2. The van der Waals surface area contributed by atoms with E-state index < -0.39 is 18.0 Å². The Labute approximate surface area is 99.8 Å². The molecule has 0 saturated carbocycles. The lowest BCUT2D eigenvalue weighted by atomic mass is 9.99. The summed E-state index contributed by atoms with van der Waals surface area (Å²) in [7, 11) is 0. The summed E-state index contributed by atoms with van der Waals surface area (Å²) in [5.41, 5.74) is 0. The van der Waals surface area contributed by atoms with Crippen molar-refractivity contribution in [2.75, 3.05) is 26.2 Å². The van der Waals surface area contributed by atoms with Crippen LogP contribution in [0.4, 0.5) is 4.79 Å². The molecule has 17 heavy (non-hydrogen) atoms. The fourth-order valence-electron chi connectivity index (χ4n) is 2.47. The second kappa shape index (κ2) is 4.91. The number of urea groups is 1. The molecule has 0 aromatic carbocycles. The normalized spacial score (nSPS) is 29.5. The molecule has 96 valence electrons. The van der Waals surface area contributed by atoms with E-state index in [1.807, 2.05) is 0 Å². The van der Waals surface area contributed by atoms with Crippen molar-refractivity contribution in [3.05, 3.63) is 0 Å². The van der Waals surface area contributed by atoms with Crippen LogP contribution in [0, 0.1) is 5.92 Å². The number of rotatable bonds is 1. The van der Waals surface area contributed by atoms with Crippen LogP contribution in [0.2, 0.25) is 0 Å². The third kappa shape index (κ3) is 2.69. The summed E-state index contributed by atoms with van der Waals surface area (Å²) in [6.07, 6.45) is 1.56. The van der Waals surface area contributed by atoms with Gasteiger partial charge in [-0.2, -0.15) is 0 Å².